The van der Waals surface area contributed by atoms with Crippen LogP contribution in [0.2, 0.25) is 0 Å². The Balaban J connectivity index is 2.36. The van der Waals surface area contributed by atoms with Gasteiger partial charge in [0.15, 0.2) is 0 Å². The number of amides is 1. The third-order valence-corrected chi connectivity index (χ3v) is 2.72. The molecule has 1 aromatic carbocycles. The molecular weight excluding hydrogens is 282 g/mol. The van der Waals surface area contributed by atoms with E-state index in [0.29, 0.717) is 0 Å². The van der Waals surface area contributed by atoms with Crippen molar-refractivity contribution in [1.29, 1.82) is 0 Å². The van der Waals surface area contributed by atoms with Crippen molar-refractivity contribution in [1.82, 2.24) is 4.98 Å². The predicted molar refractivity (Wildman–Crippen MR) is 71.7 cm³/mol. The quantitative estimate of drug-likeness (QED) is 0.881. The van der Waals surface area contributed by atoms with E-state index in [1.807, 2.05) is 0 Å². The van der Waals surface area contributed by atoms with Crippen LogP contribution in [0, 0.1) is 11.9 Å². The average Bonchev–Trinajstić information content (AvgIpc) is 2.49. The number of aromatic nitrogens is 1. The van der Waals surface area contributed by atoms with E-state index in [1.165, 1.54) is 14.2 Å². The van der Waals surface area contributed by atoms with Gasteiger partial charge in [0.1, 0.15) is 17.1 Å². The maximum atomic E-state index is 13.5. The largest absolute Gasteiger partial charge is 0.496 e. The Morgan fingerprint density at radius 2 is 1.71 bits per heavy atom. The van der Waals surface area contributed by atoms with Crippen molar-refractivity contribution in [3.8, 4) is 11.5 Å². The summed E-state index contributed by atoms with van der Waals surface area (Å²) in [5.41, 5.74) is -0.138. The number of hydrogen-bond donors (Lipinski definition) is 1. The Morgan fingerprint density at radius 3 is 2.24 bits per heavy atom. The third kappa shape index (κ3) is 3.07. The molecule has 1 N–H and O–H groups in total. The molecule has 1 heterocycles. The standard InChI is InChI=1S/C14H12F2N2O3/c1-20-9-4-3-5-10(21-2)12(9)14(19)17-8-6-7-11(15)18-13(8)16/h3-7H,1-2H3,(H,17,19). The molecule has 0 saturated carbocycles. The minimum atomic E-state index is -1.11. The SMILES string of the molecule is COc1cccc(OC)c1C(=O)Nc1ccc(F)nc1F. The Labute approximate surface area is 119 Å². The lowest BCUT2D eigenvalue weighted by Crippen LogP contribution is -2.16. The zero-order valence-corrected chi connectivity index (χ0v) is 11.3. The van der Waals surface area contributed by atoms with E-state index in [4.69, 9.17) is 9.47 Å². The Morgan fingerprint density at radius 1 is 1.10 bits per heavy atom. The van der Waals surface area contributed by atoms with Gasteiger partial charge in [0.05, 0.1) is 19.9 Å². The van der Waals surface area contributed by atoms with E-state index in [0.717, 1.165) is 12.1 Å². The van der Waals surface area contributed by atoms with Crippen LogP contribution in [0.1, 0.15) is 10.4 Å². The van der Waals surface area contributed by atoms with Crippen LogP contribution in [0.25, 0.3) is 0 Å². The molecule has 5 nitrogen and oxygen atoms in total. The molecule has 0 radical (unpaired) electrons. The van der Waals surface area contributed by atoms with E-state index in [-0.39, 0.29) is 22.7 Å². The molecule has 1 aromatic heterocycles. The zero-order chi connectivity index (χ0) is 15.4. The van der Waals surface area contributed by atoms with Crippen molar-refractivity contribution < 1.29 is 23.0 Å². The van der Waals surface area contributed by atoms with Crippen molar-refractivity contribution >= 4 is 11.6 Å². The monoisotopic (exact) mass is 294 g/mol. The summed E-state index contributed by atoms with van der Waals surface area (Å²) in [4.78, 5) is 15.2. The molecule has 0 saturated heterocycles. The highest BCUT2D eigenvalue weighted by atomic mass is 19.1. The van der Waals surface area contributed by atoms with Gasteiger partial charge in [0, 0.05) is 0 Å². The van der Waals surface area contributed by atoms with Gasteiger partial charge in [-0.05, 0) is 24.3 Å². The first kappa shape index (κ1) is 14.7. The fraction of sp³-hybridized carbons (Fsp3) is 0.143. The molecular formula is C14H12F2N2O3. The van der Waals surface area contributed by atoms with Crippen LogP contribution in [0.15, 0.2) is 30.3 Å². The molecule has 21 heavy (non-hydrogen) atoms. The van der Waals surface area contributed by atoms with Gasteiger partial charge in [-0.1, -0.05) is 6.07 Å². The molecule has 0 aliphatic carbocycles. The van der Waals surface area contributed by atoms with Crippen LogP contribution in [-0.2, 0) is 0 Å². The number of methoxy groups -OCH3 is 2. The number of carbonyl (C=O) groups excluding carboxylic acids is 1. The first-order chi connectivity index (χ1) is 10.1. The highest BCUT2D eigenvalue weighted by Gasteiger charge is 2.19. The Hall–Kier alpha value is -2.70. The van der Waals surface area contributed by atoms with E-state index in [1.54, 1.807) is 18.2 Å². The number of pyridine rings is 1. The van der Waals surface area contributed by atoms with Crippen molar-refractivity contribution in [3.05, 3.63) is 47.8 Å². The molecule has 0 fully saturated rings. The van der Waals surface area contributed by atoms with E-state index in [2.05, 4.69) is 10.3 Å². The van der Waals surface area contributed by atoms with Crippen molar-refractivity contribution in [2.24, 2.45) is 0 Å². The molecule has 0 aliphatic heterocycles. The smallest absolute Gasteiger partial charge is 0.263 e. The van der Waals surface area contributed by atoms with Gasteiger partial charge in [-0.15, -0.1) is 0 Å². The molecule has 110 valence electrons. The van der Waals surface area contributed by atoms with Crippen LogP contribution in [0.4, 0.5) is 14.5 Å². The molecule has 0 aliphatic rings. The fourth-order valence-electron chi connectivity index (χ4n) is 1.77. The van der Waals surface area contributed by atoms with E-state index in [9.17, 15) is 13.6 Å². The first-order valence-electron chi connectivity index (χ1n) is 5.91. The molecule has 0 bridgehead atoms. The summed E-state index contributed by atoms with van der Waals surface area (Å²) in [5, 5.41) is 2.30. The number of carbonyl (C=O) groups is 1. The third-order valence-electron chi connectivity index (χ3n) is 2.72. The van der Waals surface area contributed by atoms with Crippen LogP contribution in [0.3, 0.4) is 0 Å². The normalized spacial score (nSPS) is 10.1. The number of ether oxygens (including phenoxy) is 2. The van der Waals surface area contributed by atoms with Crippen LogP contribution >= 0.6 is 0 Å². The topological polar surface area (TPSA) is 60.5 Å². The number of nitrogens with one attached hydrogen (secondary N) is 1. The van der Waals surface area contributed by atoms with Crippen molar-refractivity contribution in [2.75, 3.05) is 19.5 Å². The number of rotatable bonds is 4. The van der Waals surface area contributed by atoms with Gasteiger partial charge in [0.25, 0.3) is 5.91 Å². The van der Waals surface area contributed by atoms with Crippen LogP contribution in [0.5, 0.6) is 11.5 Å². The Bertz CT molecular complexity index is 655. The zero-order valence-electron chi connectivity index (χ0n) is 11.3. The minimum absolute atomic E-state index is 0.103. The lowest BCUT2D eigenvalue weighted by Gasteiger charge is -2.13. The second-order valence-corrected chi connectivity index (χ2v) is 3.96. The predicted octanol–water partition coefficient (Wildman–Crippen LogP) is 2.63. The summed E-state index contributed by atoms with van der Waals surface area (Å²) >= 11 is 0. The van der Waals surface area contributed by atoms with E-state index < -0.39 is 17.8 Å². The fourth-order valence-corrected chi connectivity index (χ4v) is 1.77. The second kappa shape index (κ2) is 6.17. The molecule has 7 heteroatoms. The van der Waals surface area contributed by atoms with Gasteiger partial charge in [0.2, 0.25) is 11.9 Å². The van der Waals surface area contributed by atoms with Gasteiger partial charge in [-0.25, -0.2) is 0 Å². The van der Waals surface area contributed by atoms with Crippen LogP contribution in [-0.4, -0.2) is 25.1 Å². The van der Waals surface area contributed by atoms with Gasteiger partial charge in [-0.2, -0.15) is 13.8 Å². The number of benzene rings is 1. The lowest BCUT2D eigenvalue weighted by molar-refractivity contribution is 0.102. The summed E-state index contributed by atoms with van der Waals surface area (Å²) in [7, 11) is 2.79. The molecule has 1 amide bonds. The number of halogens is 2. The summed E-state index contributed by atoms with van der Waals surface area (Å²) in [6.45, 7) is 0. The van der Waals surface area contributed by atoms with Crippen molar-refractivity contribution in [2.45, 2.75) is 0 Å². The van der Waals surface area contributed by atoms with E-state index >= 15 is 0 Å². The summed E-state index contributed by atoms with van der Waals surface area (Å²) < 4.78 is 36.4. The molecule has 0 unspecified atom stereocenters. The number of nitrogens with zero attached hydrogens (tertiary/aromatic N) is 1. The number of hydrogen-bond acceptors (Lipinski definition) is 4. The van der Waals surface area contributed by atoms with Crippen LogP contribution < -0.4 is 14.8 Å². The average molecular weight is 294 g/mol. The molecule has 2 aromatic rings. The van der Waals surface area contributed by atoms with Gasteiger partial charge >= 0.3 is 0 Å². The van der Waals surface area contributed by atoms with Gasteiger partial charge in [-0.3, -0.25) is 4.79 Å². The highest BCUT2D eigenvalue weighted by Crippen LogP contribution is 2.29. The molecule has 0 spiro atoms. The lowest BCUT2D eigenvalue weighted by atomic mass is 10.1. The number of anilines is 1. The second-order valence-electron chi connectivity index (χ2n) is 3.96. The summed E-state index contributed by atoms with van der Waals surface area (Å²) in [5.74, 6) is -2.21. The Kier molecular flexibility index (Phi) is 4.32. The maximum absolute atomic E-state index is 13.5. The summed E-state index contributed by atoms with van der Waals surface area (Å²) in [6.07, 6.45) is 0. The summed E-state index contributed by atoms with van der Waals surface area (Å²) in [6, 6.07) is 6.80. The minimum Gasteiger partial charge on any atom is -0.496 e. The molecule has 0 atom stereocenters. The highest BCUT2D eigenvalue weighted by molar-refractivity contribution is 6.08. The van der Waals surface area contributed by atoms with Crippen molar-refractivity contribution in [3.63, 3.8) is 0 Å². The first-order valence-corrected chi connectivity index (χ1v) is 5.91. The maximum Gasteiger partial charge on any atom is 0.263 e. The molecule has 2 rings (SSSR count). The van der Waals surface area contributed by atoms with Gasteiger partial charge < -0.3 is 14.8 Å².